The predicted octanol–water partition coefficient (Wildman–Crippen LogP) is 4.27. The molecule has 1 aromatic carbocycles. The largest absolute Gasteiger partial charge is 0.326 e. The number of carbonyl (C=O) groups is 2. The van der Waals surface area contributed by atoms with E-state index in [4.69, 9.17) is 0 Å². The van der Waals surface area contributed by atoms with Crippen LogP contribution in [0.1, 0.15) is 20.8 Å². The van der Waals surface area contributed by atoms with Gasteiger partial charge >= 0.3 is 0 Å². The first-order valence-electron chi connectivity index (χ1n) is 9.89. The molecule has 0 aliphatic carbocycles. The molecular weight excluding hydrogens is 422 g/mol. The number of aromatic nitrogens is 4. The third-order valence-corrected chi connectivity index (χ3v) is 5.79. The molecule has 32 heavy (non-hydrogen) atoms. The van der Waals surface area contributed by atoms with Gasteiger partial charge in [-0.05, 0) is 41.3 Å². The summed E-state index contributed by atoms with van der Waals surface area (Å²) in [5.41, 5.74) is 4.07. The standard InChI is InChI=1S/C24H17N5O2S/c30-22(12-16-4-2-9-25-14-16)28-18-6-1-5-17(13-18)20-8-10-26-24-19(15-27-29(20)24)23(31)21-7-3-11-32-21/h1-11,13-15H,12H2,(H,28,30). The van der Waals surface area contributed by atoms with Gasteiger partial charge in [0.25, 0.3) is 0 Å². The van der Waals surface area contributed by atoms with Crippen molar-refractivity contribution in [2.24, 2.45) is 0 Å². The van der Waals surface area contributed by atoms with E-state index in [2.05, 4.69) is 20.4 Å². The van der Waals surface area contributed by atoms with Crippen molar-refractivity contribution in [3.8, 4) is 11.3 Å². The van der Waals surface area contributed by atoms with Crippen LogP contribution in [0, 0.1) is 0 Å². The molecule has 0 spiro atoms. The van der Waals surface area contributed by atoms with Gasteiger partial charge in [-0.2, -0.15) is 5.10 Å². The summed E-state index contributed by atoms with van der Waals surface area (Å²) in [4.78, 5) is 34.3. The molecule has 0 unspecified atom stereocenters. The highest BCUT2D eigenvalue weighted by Gasteiger charge is 2.18. The Balaban J connectivity index is 1.43. The highest BCUT2D eigenvalue weighted by Crippen LogP contribution is 2.25. The van der Waals surface area contributed by atoms with Gasteiger partial charge in [-0.15, -0.1) is 11.3 Å². The number of rotatable bonds is 6. The Labute approximate surface area is 187 Å². The van der Waals surface area contributed by atoms with Crippen LogP contribution in [0.5, 0.6) is 0 Å². The normalized spacial score (nSPS) is 10.9. The summed E-state index contributed by atoms with van der Waals surface area (Å²) in [7, 11) is 0. The number of nitrogens with one attached hydrogen (secondary N) is 1. The zero-order valence-electron chi connectivity index (χ0n) is 16.8. The van der Waals surface area contributed by atoms with Crippen LogP contribution in [0.25, 0.3) is 16.9 Å². The van der Waals surface area contributed by atoms with E-state index in [0.29, 0.717) is 21.8 Å². The maximum atomic E-state index is 12.8. The highest BCUT2D eigenvalue weighted by molar-refractivity contribution is 7.12. The Morgan fingerprint density at radius 3 is 2.75 bits per heavy atom. The van der Waals surface area contributed by atoms with Gasteiger partial charge in [-0.1, -0.05) is 24.3 Å². The lowest BCUT2D eigenvalue weighted by atomic mass is 10.1. The minimum absolute atomic E-state index is 0.101. The number of anilines is 1. The van der Waals surface area contributed by atoms with Crippen molar-refractivity contribution in [3.05, 3.63) is 101 Å². The lowest BCUT2D eigenvalue weighted by Gasteiger charge is -2.09. The van der Waals surface area contributed by atoms with Gasteiger partial charge in [0.2, 0.25) is 11.7 Å². The van der Waals surface area contributed by atoms with Crippen LogP contribution in [0.2, 0.25) is 0 Å². The molecule has 7 nitrogen and oxygen atoms in total. The third kappa shape index (κ3) is 3.91. The summed E-state index contributed by atoms with van der Waals surface area (Å²) >= 11 is 1.39. The van der Waals surface area contributed by atoms with Crippen molar-refractivity contribution in [2.45, 2.75) is 6.42 Å². The van der Waals surface area contributed by atoms with Gasteiger partial charge in [-0.3, -0.25) is 14.6 Å². The molecule has 8 heteroatoms. The zero-order valence-corrected chi connectivity index (χ0v) is 17.6. The lowest BCUT2D eigenvalue weighted by molar-refractivity contribution is -0.115. The SMILES string of the molecule is O=C(Cc1cccnc1)Nc1cccc(-c2ccnc3c(C(=O)c4cccs4)cnn23)c1. The predicted molar refractivity (Wildman–Crippen MR) is 123 cm³/mol. The van der Waals surface area contributed by atoms with Gasteiger partial charge in [0.15, 0.2) is 5.65 Å². The summed E-state index contributed by atoms with van der Waals surface area (Å²) in [6.45, 7) is 0. The molecule has 0 fully saturated rings. The van der Waals surface area contributed by atoms with Crippen molar-refractivity contribution < 1.29 is 9.59 Å². The number of amides is 1. The monoisotopic (exact) mass is 439 g/mol. The Morgan fingerprint density at radius 2 is 1.94 bits per heavy atom. The van der Waals surface area contributed by atoms with Crippen LogP contribution < -0.4 is 5.32 Å². The first kappa shape index (κ1) is 19.8. The fourth-order valence-electron chi connectivity index (χ4n) is 3.46. The van der Waals surface area contributed by atoms with Crippen LogP contribution >= 0.6 is 11.3 Å². The summed E-state index contributed by atoms with van der Waals surface area (Å²) < 4.78 is 1.65. The Morgan fingerprint density at radius 1 is 1.00 bits per heavy atom. The topological polar surface area (TPSA) is 89.2 Å². The van der Waals surface area contributed by atoms with Crippen LogP contribution in [0.3, 0.4) is 0 Å². The molecule has 4 heterocycles. The van der Waals surface area contributed by atoms with Crippen molar-refractivity contribution >= 4 is 34.4 Å². The van der Waals surface area contributed by atoms with E-state index in [-0.39, 0.29) is 18.1 Å². The fourth-order valence-corrected chi connectivity index (χ4v) is 4.14. The van der Waals surface area contributed by atoms with Crippen LogP contribution in [0.4, 0.5) is 5.69 Å². The summed E-state index contributed by atoms with van der Waals surface area (Å²) in [5.74, 6) is -0.228. The maximum absolute atomic E-state index is 12.8. The van der Waals surface area contributed by atoms with E-state index in [9.17, 15) is 9.59 Å². The summed E-state index contributed by atoms with van der Waals surface area (Å²) in [6.07, 6.45) is 6.80. The van der Waals surface area contributed by atoms with E-state index in [0.717, 1.165) is 16.8 Å². The molecule has 1 N–H and O–H groups in total. The first-order chi connectivity index (χ1) is 15.7. The Bertz CT molecular complexity index is 1410. The van der Waals surface area contributed by atoms with Crippen molar-refractivity contribution in [1.29, 1.82) is 0 Å². The second kappa shape index (κ2) is 8.52. The fraction of sp³-hybridized carbons (Fsp3) is 0.0417. The Hall–Kier alpha value is -4.17. The van der Waals surface area contributed by atoms with Gasteiger partial charge in [0, 0.05) is 29.8 Å². The molecular formula is C24H17N5O2S. The average Bonchev–Trinajstić information content (AvgIpc) is 3.50. The molecule has 156 valence electrons. The number of carbonyl (C=O) groups excluding carboxylic acids is 2. The molecule has 1 amide bonds. The molecule has 0 aliphatic rings. The van der Waals surface area contributed by atoms with E-state index in [1.165, 1.54) is 11.3 Å². The molecule has 0 radical (unpaired) electrons. The smallest absolute Gasteiger partial charge is 0.228 e. The minimum Gasteiger partial charge on any atom is -0.326 e. The molecule has 5 aromatic rings. The summed E-state index contributed by atoms with van der Waals surface area (Å²) in [5, 5.41) is 9.21. The second-order valence-electron chi connectivity index (χ2n) is 7.10. The van der Waals surface area contributed by atoms with Gasteiger partial charge in [-0.25, -0.2) is 9.50 Å². The van der Waals surface area contributed by atoms with Crippen LogP contribution in [-0.2, 0) is 11.2 Å². The van der Waals surface area contributed by atoms with Crippen molar-refractivity contribution in [2.75, 3.05) is 5.32 Å². The first-order valence-corrected chi connectivity index (χ1v) is 10.8. The van der Waals surface area contributed by atoms with E-state index in [1.807, 2.05) is 47.8 Å². The summed E-state index contributed by atoms with van der Waals surface area (Å²) in [6, 6.07) is 16.6. The molecule has 0 aliphatic heterocycles. The molecule has 0 bridgehead atoms. The Kier molecular flexibility index (Phi) is 5.27. The van der Waals surface area contributed by atoms with E-state index < -0.39 is 0 Å². The maximum Gasteiger partial charge on any atom is 0.228 e. The lowest BCUT2D eigenvalue weighted by Crippen LogP contribution is -2.14. The number of benzene rings is 1. The average molecular weight is 440 g/mol. The molecule has 5 rings (SSSR count). The van der Waals surface area contributed by atoms with E-state index in [1.54, 1.807) is 41.4 Å². The van der Waals surface area contributed by atoms with Gasteiger partial charge in [0.1, 0.15) is 0 Å². The highest BCUT2D eigenvalue weighted by atomic mass is 32.1. The molecule has 0 saturated carbocycles. The van der Waals surface area contributed by atoms with Gasteiger partial charge < -0.3 is 5.32 Å². The quantitative estimate of drug-likeness (QED) is 0.399. The molecule has 0 atom stereocenters. The van der Waals surface area contributed by atoms with Crippen molar-refractivity contribution in [3.63, 3.8) is 0 Å². The third-order valence-electron chi connectivity index (χ3n) is 4.92. The van der Waals surface area contributed by atoms with Crippen LogP contribution in [-0.4, -0.2) is 31.3 Å². The number of ketones is 1. The zero-order chi connectivity index (χ0) is 21.9. The second-order valence-corrected chi connectivity index (χ2v) is 8.04. The molecule has 0 saturated heterocycles. The number of hydrogen-bond donors (Lipinski definition) is 1. The molecule has 4 aromatic heterocycles. The number of pyridine rings is 1. The minimum atomic E-state index is -0.127. The number of thiophene rings is 1. The van der Waals surface area contributed by atoms with Crippen molar-refractivity contribution in [1.82, 2.24) is 19.6 Å². The number of fused-ring (bicyclic) bond motifs is 1. The van der Waals surface area contributed by atoms with Gasteiger partial charge in [0.05, 0.1) is 28.8 Å². The number of nitrogens with zero attached hydrogens (tertiary/aromatic N) is 4. The number of hydrogen-bond acceptors (Lipinski definition) is 6. The van der Waals surface area contributed by atoms with Crippen LogP contribution in [0.15, 0.2) is 84.8 Å². The van der Waals surface area contributed by atoms with E-state index >= 15 is 0 Å².